The van der Waals surface area contributed by atoms with Crippen LogP contribution in [0.4, 0.5) is 0 Å². The first kappa shape index (κ1) is 17.6. The molecule has 0 bridgehead atoms. The van der Waals surface area contributed by atoms with Gasteiger partial charge in [-0.2, -0.15) is 5.10 Å². The third-order valence-electron chi connectivity index (χ3n) is 5.14. The molecule has 0 spiro atoms. The second-order valence-corrected chi connectivity index (χ2v) is 8.24. The van der Waals surface area contributed by atoms with Crippen molar-refractivity contribution in [3.63, 3.8) is 0 Å². The van der Waals surface area contributed by atoms with E-state index in [4.69, 9.17) is 4.74 Å². The monoisotopic (exact) mass is 375 g/mol. The van der Waals surface area contributed by atoms with Crippen LogP contribution < -0.4 is 5.32 Å². The van der Waals surface area contributed by atoms with Crippen LogP contribution in [0.25, 0.3) is 10.6 Å². The van der Waals surface area contributed by atoms with E-state index in [1.807, 2.05) is 13.2 Å². The predicted octanol–water partition coefficient (Wildman–Crippen LogP) is 1.77. The summed E-state index contributed by atoms with van der Waals surface area (Å²) < 4.78 is 7.20. The molecule has 0 aromatic carbocycles. The molecule has 2 aromatic heterocycles. The highest BCUT2D eigenvalue weighted by atomic mass is 32.1. The van der Waals surface area contributed by atoms with Crippen LogP contribution in [0, 0.1) is 5.92 Å². The minimum Gasteiger partial charge on any atom is -0.381 e. The fraction of sp³-hybridized carbons (Fsp3) is 0.611. The highest BCUT2D eigenvalue weighted by Gasteiger charge is 2.25. The molecule has 1 atom stereocenters. The molecule has 4 rings (SSSR count). The minimum atomic E-state index is -0.0136. The number of nitrogens with zero attached hydrogens (tertiary/aromatic N) is 4. The molecule has 2 aliphatic rings. The number of rotatable bonds is 5. The summed E-state index contributed by atoms with van der Waals surface area (Å²) >= 11 is 1.42. The molecule has 8 heteroatoms. The molecule has 140 valence electrons. The average molecular weight is 375 g/mol. The van der Waals surface area contributed by atoms with Crippen molar-refractivity contribution in [2.45, 2.75) is 25.3 Å². The second kappa shape index (κ2) is 7.85. The first-order valence-corrected chi connectivity index (χ1v) is 10.0. The van der Waals surface area contributed by atoms with Crippen molar-refractivity contribution in [3.05, 3.63) is 23.5 Å². The topological polar surface area (TPSA) is 72.3 Å². The second-order valence-electron chi connectivity index (χ2n) is 7.21. The molecule has 0 saturated carbocycles. The van der Waals surface area contributed by atoms with Crippen molar-refractivity contribution < 1.29 is 9.53 Å². The lowest BCUT2D eigenvalue weighted by molar-refractivity contribution is 0.0907. The van der Waals surface area contributed by atoms with Gasteiger partial charge >= 0.3 is 0 Å². The fourth-order valence-corrected chi connectivity index (χ4v) is 4.45. The maximum absolute atomic E-state index is 12.5. The Bertz CT molecular complexity index is 744. The van der Waals surface area contributed by atoms with Gasteiger partial charge in [0, 0.05) is 51.1 Å². The normalized spacial score (nSPS) is 22.0. The van der Waals surface area contributed by atoms with Crippen molar-refractivity contribution in [2.75, 3.05) is 32.8 Å². The zero-order valence-electron chi connectivity index (χ0n) is 15.1. The van der Waals surface area contributed by atoms with Crippen LogP contribution in [0.15, 0.2) is 18.6 Å². The maximum atomic E-state index is 12.5. The van der Waals surface area contributed by atoms with E-state index in [0.717, 1.165) is 56.3 Å². The summed E-state index contributed by atoms with van der Waals surface area (Å²) in [6, 6.07) is 0.252. The number of piperidine rings is 1. The third kappa shape index (κ3) is 4.13. The molecule has 0 unspecified atom stereocenters. The van der Waals surface area contributed by atoms with Crippen LogP contribution in [0.2, 0.25) is 0 Å². The molecule has 26 heavy (non-hydrogen) atoms. The highest BCUT2D eigenvalue weighted by molar-refractivity contribution is 7.16. The quantitative estimate of drug-likeness (QED) is 0.862. The number of hydrogen-bond acceptors (Lipinski definition) is 6. The number of hydrogen-bond donors (Lipinski definition) is 1. The van der Waals surface area contributed by atoms with Gasteiger partial charge in [-0.15, -0.1) is 11.3 Å². The summed E-state index contributed by atoms with van der Waals surface area (Å²) in [5.74, 6) is 0.671. The Labute approximate surface area is 157 Å². The molecule has 1 N–H and O–H groups in total. The molecule has 1 amide bonds. The summed E-state index contributed by atoms with van der Waals surface area (Å²) in [4.78, 5) is 20.1. The molecule has 4 heterocycles. The molecule has 2 saturated heterocycles. The lowest BCUT2D eigenvalue weighted by Gasteiger charge is -2.33. The van der Waals surface area contributed by atoms with Crippen LogP contribution in [0.1, 0.15) is 28.9 Å². The smallest absolute Gasteiger partial charge is 0.263 e. The Balaban J connectivity index is 1.27. The number of aryl methyl sites for hydroxylation is 1. The van der Waals surface area contributed by atoms with E-state index >= 15 is 0 Å². The van der Waals surface area contributed by atoms with E-state index in [1.165, 1.54) is 17.8 Å². The molecular formula is C18H25N5O2S. The Morgan fingerprint density at radius 2 is 2.19 bits per heavy atom. The molecule has 2 aliphatic heterocycles. The van der Waals surface area contributed by atoms with Crippen LogP contribution in [0.3, 0.4) is 0 Å². The van der Waals surface area contributed by atoms with Crippen LogP contribution >= 0.6 is 11.3 Å². The van der Waals surface area contributed by atoms with Gasteiger partial charge in [0.15, 0.2) is 0 Å². The largest absolute Gasteiger partial charge is 0.381 e. The van der Waals surface area contributed by atoms with Gasteiger partial charge in [0.25, 0.3) is 5.91 Å². The molecule has 2 fully saturated rings. The first-order valence-electron chi connectivity index (χ1n) is 9.23. The summed E-state index contributed by atoms with van der Waals surface area (Å²) in [6.07, 6.45) is 8.54. The Morgan fingerprint density at radius 3 is 2.88 bits per heavy atom. The number of nitrogens with one attached hydrogen (secondary N) is 1. The number of carbonyl (C=O) groups excluding carboxylic acids is 1. The van der Waals surface area contributed by atoms with Gasteiger partial charge in [0.05, 0.1) is 19.0 Å². The Hall–Kier alpha value is -1.77. The standard InChI is InChI=1S/C18H25N5O2S/c1-22-11-14(8-20-22)18-19-9-16(26-18)17(24)21-15-2-5-23(6-3-15)10-13-4-7-25-12-13/h8-9,11,13,15H,2-7,10,12H2,1H3,(H,21,24)/t13-/m1/s1. The fourth-order valence-electron chi connectivity index (χ4n) is 3.65. The van der Waals surface area contributed by atoms with Gasteiger partial charge in [0.2, 0.25) is 0 Å². The lowest BCUT2D eigenvalue weighted by Crippen LogP contribution is -2.45. The zero-order chi connectivity index (χ0) is 17.9. The molecule has 0 radical (unpaired) electrons. The van der Waals surface area contributed by atoms with E-state index in [9.17, 15) is 4.79 Å². The van der Waals surface area contributed by atoms with E-state index in [2.05, 4.69) is 20.3 Å². The van der Waals surface area contributed by atoms with Gasteiger partial charge in [0.1, 0.15) is 9.88 Å². The number of aromatic nitrogens is 3. The van der Waals surface area contributed by atoms with Gasteiger partial charge in [-0.1, -0.05) is 0 Å². The highest BCUT2D eigenvalue weighted by Crippen LogP contribution is 2.25. The average Bonchev–Trinajstić information content (AvgIpc) is 3.37. The number of carbonyl (C=O) groups is 1. The maximum Gasteiger partial charge on any atom is 0.263 e. The van der Waals surface area contributed by atoms with E-state index in [0.29, 0.717) is 10.8 Å². The van der Waals surface area contributed by atoms with Gasteiger partial charge in [-0.3, -0.25) is 9.48 Å². The lowest BCUT2D eigenvalue weighted by atomic mass is 10.0. The third-order valence-corrected chi connectivity index (χ3v) is 6.19. The van der Waals surface area contributed by atoms with Gasteiger partial charge < -0.3 is 15.0 Å². The number of amides is 1. The predicted molar refractivity (Wildman–Crippen MR) is 100 cm³/mol. The van der Waals surface area contributed by atoms with Crippen molar-refractivity contribution >= 4 is 17.2 Å². The first-order chi connectivity index (χ1) is 12.7. The van der Waals surface area contributed by atoms with E-state index in [-0.39, 0.29) is 11.9 Å². The van der Waals surface area contributed by atoms with E-state index in [1.54, 1.807) is 17.1 Å². The number of ether oxygens (including phenoxy) is 1. The van der Waals surface area contributed by atoms with Crippen molar-refractivity contribution in [2.24, 2.45) is 13.0 Å². The molecule has 7 nitrogen and oxygen atoms in total. The summed E-state index contributed by atoms with van der Waals surface area (Å²) in [5, 5.41) is 8.16. The van der Waals surface area contributed by atoms with Gasteiger partial charge in [-0.05, 0) is 25.2 Å². The van der Waals surface area contributed by atoms with Crippen molar-refractivity contribution in [1.82, 2.24) is 25.0 Å². The number of thiazole rings is 1. The molecular weight excluding hydrogens is 350 g/mol. The van der Waals surface area contributed by atoms with Crippen LogP contribution in [-0.4, -0.2) is 64.5 Å². The van der Waals surface area contributed by atoms with Crippen LogP contribution in [0.5, 0.6) is 0 Å². The summed E-state index contributed by atoms with van der Waals surface area (Å²) in [6.45, 7) is 5.04. The molecule has 2 aromatic rings. The Morgan fingerprint density at radius 1 is 1.35 bits per heavy atom. The zero-order valence-corrected chi connectivity index (χ0v) is 15.9. The van der Waals surface area contributed by atoms with Crippen molar-refractivity contribution in [3.8, 4) is 10.6 Å². The Kier molecular flexibility index (Phi) is 5.33. The molecule has 0 aliphatic carbocycles. The van der Waals surface area contributed by atoms with Crippen molar-refractivity contribution in [1.29, 1.82) is 0 Å². The van der Waals surface area contributed by atoms with Crippen LogP contribution in [-0.2, 0) is 11.8 Å². The summed E-state index contributed by atoms with van der Waals surface area (Å²) in [7, 11) is 1.87. The van der Waals surface area contributed by atoms with Gasteiger partial charge in [-0.25, -0.2) is 4.98 Å². The SMILES string of the molecule is Cn1cc(-c2ncc(C(=O)NC3CCN(C[C@H]4CCOC4)CC3)s2)cn1. The van der Waals surface area contributed by atoms with E-state index < -0.39 is 0 Å². The summed E-state index contributed by atoms with van der Waals surface area (Å²) in [5.41, 5.74) is 0.945. The number of likely N-dealkylation sites (tertiary alicyclic amines) is 1. The minimum absolute atomic E-state index is 0.0136.